The lowest BCUT2D eigenvalue weighted by Crippen LogP contribution is -2.39. The number of carbonyl (C=O) groups is 1. The lowest BCUT2D eigenvalue weighted by atomic mass is 9.99. The van der Waals surface area contributed by atoms with E-state index < -0.39 is 0 Å². The van der Waals surface area contributed by atoms with Crippen molar-refractivity contribution in [3.05, 3.63) is 64.7 Å². The van der Waals surface area contributed by atoms with E-state index in [2.05, 4.69) is 19.1 Å². The average Bonchev–Trinajstić information content (AvgIpc) is 2.61. The van der Waals surface area contributed by atoms with Gasteiger partial charge in [-0.3, -0.25) is 4.79 Å². The summed E-state index contributed by atoms with van der Waals surface area (Å²) in [6.07, 6.45) is 2.34. The summed E-state index contributed by atoms with van der Waals surface area (Å²) in [5.74, 6) is 1.66. The SMILES string of the molecule is C[C@H]1CCCN(C(=O)c2ccc(CSc3ccc(Cl)cc3)cc2)C1. The van der Waals surface area contributed by atoms with Crippen LogP contribution in [0.4, 0.5) is 0 Å². The lowest BCUT2D eigenvalue weighted by molar-refractivity contribution is 0.0683. The fourth-order valence-corrected chi connectivity index (χ4v) is 3.98. The Morgan fingerprint density at radius 3 is 2.54 bits per heavy atom. The molecule has 2 aromatic rings. The number of benzene rings is 2. The van der Waals surface area contributed by atoms with Crippen LogP contribution in [0.2, 0.25) is 5.02 Å². The summed E-state index contributed by atoms with van der Waals surface area (Å²) in [6, 6.07) is 15.9. The summed E-state index contributed by atoms with van der Waals surface area (Å²) in [5.41, 5.74) is 2.02. The molecule has 0 bridgehead atoms. The Hall–Kier alpha value is -1.45. The molecule has 126 valence electrons. The Kier molecular flexibility index (Phi) is 5.85. The van der Waals surface area contributed by atoms with Crippen molar-refractivity contribution in [3.63, 3.8) is 0 Å². The highest BCUT2D eigenvalue weighted by Gasteiger charge is 2.21. The van der Waals surface area contributed by atoms with E-state index in [1.807, 2.05) is 41.3 Å². The third-order valence-corrected chi connectivity index (χ3v) is 5.70. The van der Waals surface area contributed by atoms with Crippen molar-refractivity contribution in [2.75, 3.05) is 13.1 Å². The Morgan fingerprint density at radius 2 is 1.88 bits per heavy atom. The van der Waals surface area contributed by atoms with Gasteiger partial charge < -0.3 is 4.90 Å². The number of nitrogens with zero attached hydrogens (tertiary/aromatic N) is 1. The molecule has 1 saturated heterocycles. The minimum absolute atomic E-state index is 0.165. The number of hydrogen-bond donors (Lipinski definition) is 0. The molecular weight excluding hydrogens is 338 g/mol. The number of likely N-dealkylation sites (tertiary alicyclic amines) is 1. The molecule has 0 aromatic heterocycles. The molecule has 1 fully saturated rings. The molecule has 3 rings (SSSR count). The van der Waals surface area contributed by atoms with Gasteiger partial charge in [-0.2, -0.15) is 0 Å². The van der Waals surface area contributed by atoms with Crippen LogP contribution in [0.1, 0.15) is 35.7 Å². The molecule has 1 aliphatic rings. The quantitative estimate of drug-likeness (QED) is 0.671. The van der Waals surface area contributed by atoms with Crippen LogP contribution in [0.25, 0.3) is 0 Å². The van der Waals surface area contributed by atoms with E-state index in [1.54, 1.807) is 11.8 Å². The zero-order valence-corrected chi connectivity index (χ0v) is 15.4. The van der Waals surface area contributed by atoms with E-state index in [9.17, 15) is 4.79 Å². The second-order valence-corrected chi connectivity index (χ2v) is 7.92. The largest absolute Gasteiger partial charge is 0.338 e. The molecule has 0 spiro atoms. The van der Waals surface area contributed by atoms with Crippen LogP contribution >= 0.6 is 23.4 Å². The Labute approximate surface area is 153 Å². The molecule has 2 aromatic carbocycles. The number of carbonyl (C=O) groups excluding carboxylic acids is 1. The van der Waals surface area contributed by atoms with Gasteiger partial charge in [-0.15, -0.1) is 11.8 Å². The third-order valence-electron chi connectivity index (χ3n) is 4.36. The first kappa shape index (κ1) is 17.4. The second-order valence-electron chi connectivity index (χ2n) is 6.44. The van der Waals surface area contributed by atoms with Crippen LogP contribution in [-0.4, -0.2) is 23.9 Å². The van der Waals surface area contributed by atoms with Crippen LogP contribution in [0, 0.1) is 5.92 Å². The van der Waals surface area contributed by atoms with E-state index >= 15 is 0 Å². The molecule has 0 unspecified atom stereocenters. The summed E-state index contributed by atoms with van der Waals surface area (Å²) >= 11 is 7.67. The van der Waals surface area contributed by atoms with Crippen molar-refractivity contribution in [1.29, 1.82) is 0 Å². The summed E-state index contributed by atoms with van der Waals surface area (Å²) in [7, 11) is 0. The summed E-state index contributed by atoms with van der Waals surface area (Å²) in [6.45, 7) is 3.99. The van der Waals surface area contributed by atoms with Gasteiger partial charge in [0.2, 0.25) is 0 Å². The molecule has 0 saturated carbocycles. The smallest absolute Gasteiger partial charge is 0.253 e. The van der Waals surface area contributed by atoms with E-state index in [4.69, 9.17) is 11.6 Å². The molecule has 2 nitrogen and oxygen atoms in total. The maximum absolute atomic E-state index is 12.6. The first-order valence-corrected chi connectivity index (χ1v) is 9.75. The van der Waals surface area contributed by atoms with Gasteiger partial charge in [-0.1, -0.05) is 30.7 Å². The Morgan fingerprint density at radius 1 is 1.17 bits per heavy atom. The van der Waals surface area contributed by atoms with Crippen molar-refractivity contribution >= 4 is 29.3 Å². The molecule has 24 heavy (non-hydrogen) atoms. The van der Waals surface area contributed by atoms with Gasteiger partial charge in [-0.05, 0) is 60.7 Å². The lowest BCUT2D eigenvalue weighted by Gasteiger charge is -2.31. The van der Waals surface area contributed by atoms with E-state index in [0.717, 1.165) is 35.8 Å². The minimum Gasteiger partial charge on any atom is -0.338 e. The van der Waals surface area contributed by atoms with E-state index in [0.29, 0.717) is 5.92 Å². The highest BCUT2D eigenvalue weighted by Crippen LogP contribution is 2.25. The fraction of sp³-hybridized carbons (Fsp3) is 0.350. The number of hydrogen-bond acceptors (Lipinski definition) is 2. The van der Waals surface area contributed by atoms with Gasteiger partial charge in [0.1, 0.15) is 0 Å². The molecule has 1 aliphatic heterocycles. The summed E-state index contributed by atoms with van der Waals surface area (Å²) in [4.78, 5) is 15.8. The van der Waals surface area contributed by atoms with Gasteiger partial charge in [0, 0.05) is 34.3 Å². The van der Waals surface area contributed by atoms with Crippen LogP contribution in [0.3, 0.4) is 0 Å². The maximum Gasteiger partial charge on any atom is 0.253 e. The molecule has 0 N–H and O–H groups in total. The van der Waals surface area contributed by atoms with Crippen molar-refractivity contribution in [1.82, 2.24) is 4.90 Å². The molecule has 1 amide bonds. The van der Waals surface area contributed by atoms with E-state index in [-0.39, 0.29) is 5.91 Å². The molecule has 4 heteroatoms. The highest BCUT2D eigenvalue weighted by molar-refractivity contribution is 7.98. The predicted molar refractivity (Wildman–Crippen MR) is 102 cm³/mol. The highest BCUT2D eigenvalue weighted by atomic mass is 35.5. The maximum atomic E-state index is 12.6. The van der Waals surface area contributed by atoms with Crippen molar-refractivity contribution in [2.24, 2.45) is 5.92 Å². The van der Waals surface area contributed by atoms with Crippen molar-refractivity contribution in [3.8, 4) is 0 Å². The molecular formula is C20H22ClNOS. The van der Waals surface area contributed by atoms with Gasteiger partial charge in [0.25, 0.3) is 5.91 Å². The molecule has 1 atom stereocenters. The van der Waals surface area contributed by atoms with Gasteiger partial charge >= 0.3 is 0 Å². The van der Waals surface area contributed by atoms with E-state index in [1.165, 1.54) is 16.9 Å². The van der Waals surface area contributed by atoms with Gasteiger partial charge in [-0.25, -0.2) is 0 Å². The van der Waals surface area contributed by atoms with Crippen LogP contribution in [-0.2, 0) is 5.75 Å². The Bertz CT molecular complexity index is 684. The molecule has 0 radical (unpaired) electrons. The molecule has 1 heterocycles. The number of rotatable bonds is 4. The van der Waals surface area contributed by atoms with Crippen molar-refractivity contribution < 1.29 is 4.79 Å². The van der Waals surface area contributed by atoms with Gasteiger partial charge in [0.05, 0.1) is 0 Å². The number of piperidine rings is 1. The first-order chi connectivity index (χ1) is 11.6. The minimum atomic E-state index is 0.165. The zero-order chi connectivity index (χ0) is 16.9. The van der Waals surface area contributed by atoms with Crippen LogP contribution < -0.4 is 0 Å². The summed E-state index contributed by atoms with van der Waals surface area (Å²) in [5, 5.41) is 0.759. The third kappa shape index (κ3) is 4.55. The first-order valence-electron chi connectivity index (χ1n) is 8.38. The van der Waals surface area contributed by atoms with Crippen LogP contribution in [0.5, 0.6) is 0 Å². The number of halogens is 1. The zero-order valence-electron chi connectivity index (χ0n) is 13.9. The van der Waals surface area contributed by atoms with Crippen molar-refractivity contribution in [2.45, 2.75) is 30.4 Å². The molecule has 0 aliphatic carbocycles. The van der Waals surface area contributed by atoms with Gasteiger partial charge in [0.15, 0.2) is 0 Å². The number of thioether (sulfide) groups is 1. The topological polar surface area (TPSA) is 20.3 Å². The Balaban J connectivity index is 1.58. The summed E-state index contributed by atoms with van der Waals surface area (Å²) < 4.78 is 0. The normalized spacial score (nSPS) is 17.8. The monoisotopic (exact) mass is 359 g/mol. The fourth-order valence-electron chi connectivity index (χ4n) is 3.00. The van der Waals surface area contributed by atoms with Crippen LogP contribution in [0.15, 0.2) is 53.4 Å². The predicted octanol–water partition coefficient (Wildman–Crippen LogP) is 5.50. The second kappa shape index (κ2) is 8.09. The average molecular weight is 360 g/mol. The standard InChI is InChI=1S/C20H22ClNOS/c1-15-3-2-12-22(13-15)20(23)17-6-4-16(5-7-17)14-24-19-10-8-18(21)9-11-19/h4-11,15H,2-3,12-14H2,1H3/t15-/m0/s1. The number of amides is 1.